The highest BCUT2D eigenvalue weighted by atomic mass is 16.3. The van der Waals surface area contributed by atoms with Gasteiger partial charge in [0.15, 0.2) is 11.5 Å². The van der Waals surface area contributed by atoms with E-state index in [2.05, 4.69) is 22.3 Å². The second-order valence-corrected chi connectivity index (χ2v) is 6.17. The average molecular weight is 297 g/mol. The van der Waals surface area contributed by atoms with Gasteiger partial charge in [0, 0.05) is 18.2 Å². The summed E-state index contributed by atoms with van der Waals surface area (Å²) in [5.41, 5.74) is 1.21. The van der Waals surface area contributed by atoms with E-state index in [1.165, 1.54) is 12.8 Å². The van der Waals surface area contributed by atoms with Crippen LogP contribution in [0.4, 0.5) is 0 Å². The number of rotatable bonds is 2. The topological polar surface area (TPSA) is 62.1 Å². The molecule has 0 radical (unpaired) electrons. The fourth-order valence-corrected chi connectivity index (χ4v) is 3.72. The SMILES string of the molecule is O=C(c1cc(-c2ccco2)[nH]n1)N1CC=CCC12CCCC2. The summed E-state index contributed by atoms with van der Waals surface area (Å²) in [6.07, 6.45) is 11.5. The van der Waals surface area contributed by atoms with Crippen LogP contribution >= 0.6 is 0 Å². The summed E-state index contributed by atoms with van der Waals surface area (Å²) in [5.74, 6) is 0.709. The zero-order valence-corrected chi connectivity index (χ0v) is 12.4. The Hall–Kier alpha value is -2.30. The lowest BCUT2D eigenvalue weighted by Gasteiger charge is -2.42. The van der Waals surface area contributed by atoms with Gasteiger partial charge in [-0.05, 0) is 31.4 Å². The van der Waals surface area contributed by atoms with Gasteiger partial charge in [0.1, 0.15) is 5.69 Å². The van der Waals surface area contributed by atoms with Gasteiger partial charge in [-0.2, -0.15) is 5.10 Å². The number of furan rings is 1. The Morgan fingerprint density at radius 2 is 2.18 bits per heavy atom. The molecule has 1 spiro atoms. The lowest BCUT2D eigenvalue weighted by atomic mass is 9.88. The summed E-state index contributed by atoms with van der Waals surface area (Å²) < 4.78 is 5.34. The van der Waals surface area contributed by atoms with Gasteiger partial charge in [0.25, 0.3) is 5.91 Å². The minimum absolute atomic E-state index is 0.00955. The van der Waals surface area contributed by atoms with Crippen LogP contribution < -0.4 is 0 Å². The van der Waals surface area contributed by atoms with Gasteiger partial charge in [0.05, 0.1) is 6.26 Å². The van der Waals surface area contributed by atoms with Crippen molar-refractivity contribution in [2.45, 2.75) is 37.6 Å². The van der Waals surface area contributed by atoms with E-state index in [9.17, 15) is 4.79 Å². The lowest BCUT2D eigenvalue weighted by molar-refractivity contribution is 0.0496. The number of nitrogens with zero attached hydrogens (tertiary/aromatic N) is 2. The van der Waals surface area contributed by atoms with E-state index in [0.717, 1.165) is 25.0 Å². The van der Waals surface area contributed by atoms with Crippen LogP contribution in [0.2, 0.25) is 0 Å². The molecule has 1 amide bonds. The summed E-state index contributed by atoms with van der Waals surface area (Å²) in [6, 6.07) is 5.45. The number of aromatic amines is 1. The quantitative estimate of drug-likeness (QED) is 0.864. The summed E-state index contributed by atoms with van der Waals surface area (Å²) in [4.78, 5) is 14.9. The number of nitrogens with one attached hydrogen (secondary N) is 1. The maximum Gasteiger partial charge on any atom is 0.275 e. The molecule has 2 aliphatic rings. The summed E-state index contributed by atoms with van der Waals surface area (Å²) in [7, 11) is 0. The van der Waals surface area contributed by atoms with Gasteiger partial charge in [-0.3, -0.25) is 9.89 Å². The van der Waals surface area contributed by atoms with Gasteiger partial charge >= 0.3 is 0 Å². The number of amides is 1. The van der Waals surface area contributed by atoms with Crippen molar-refractivity contribution in [2.75, 3.05) is 6.54 Å². The Morgan fingerprint density at radius 1 is 1.32 bits per heavy atom. The predicted octanol–water partition coefficient (Wildman–Crippen LogP) is 3.38. The second kappa shape index (κ2) is 5.16. The molecule has 2 aromatic heterocycles. The first-order valence-electron chi connectivity index (χ1n) is 7.85. The highest BCUT2D eigenvalue weighted by molar-refractivity contribution is 5.94. The Labute approximate surface area is 129 Å². The molecule has 0 aromatic carbocycles. The van der Waals surface area contributed by atoms with Crippen LogP contribution in [0.3, 0.4) is 0 Å². The molecule has 1 N–H and O–H groups in total. The van der Waals surface area contributed by atoms with Gasteiger partial charge in [-0.15, -0.1) is 0 Å². The molecule has 2 aromatic rings. The lowest BCUT2D eigenvalue weighted by Crippen LogP contribution is -2.51. The van der Waals surface area contributed by atoms with Crippen LogP contribution in [0.25, 0.3) is 11.5 Å². The first kappa shape index (κ1) is 13.4. The molecular formula is C17H19N3O2. The highest BCUT2D eigenvalue weighted by Crippen LogP contribution is 2.40. The summed E-state index contributed by atoms with van der Waals surface area (Å²) in [5, 5.41) is 7.10. The fraction of sp³-hybridized carbons (Fsp3) is 0.412. The van der Waals surface area contributed by atoms with E-state index in [4.69, 9.17) is 4.42 Å². The molecule has 0 atom stereocenters. The molecule has 0 saturated heterocycles. The van der Waals surface area contributed by atoms with Crippen molar-refractivity contribution in [1.82, 2.24) is 15.1 Å². The van der Waals surface area contributed by atoms with Crippen molar-refractivity contribution in [1.29, 1.82) is 0 Å². The van der Waals surface area contributed by atoms with Crippen LogP contribution in [0.15, 0.2) is 41.0 Å². The standard InChI is InChI=1S/C17H19N3O2/c21-16(14-12-13(18-19-14)15-6-5-11-22-15)20-10-4-3-9-17(20)7-1-2-8-17/h3-6,11-12H,1-2,7-10H2,(H,18,19). The molecule has 0 unspecified atom stereocenters. The maximum atomic E-state index is 12.9. The van der Waals surface area contributed by atoms with Crippen LogP contribution in [-0.2, 0) is 0 Å². The minimum Gasteiger partial charge on any atom is -0.463 e. The van der Waals surface area contributed by atoms with Gasteiger partial charge < -0.3 is 9.32 Å². The Kier molecular flexibility index (Phi) is 3.13. The van der Waals surface area contributed by atoms with Crippen LogP contribution in [-0.4, -0.2) is 33.1 Å². The Bertz CT molecular complexity index is 693. The molecule has 1 saturated carbocycles. The van der Waals surface area contributed by atoms with E-state index in [1.807, 2.05) is 17.0 Å². The highest BCUT2D eigenvalue weighted by Gasteiger charge is 2.42. The first-order chi connectivity index (χ1) is 10.8. The van der Waals surface area contributed by atoms with Gasteiger partial charge in [-0.1, -0.05) is 25.0 Å². The van der Waals surface area contributed by atoms with Crippen molar-refractivity contribution in [3.05, 3.63) is 42.3 Å². The molecule has 22 heavy (non-hydrogen) atoms. The largest absolute Gasteiger partial charge is 0.463 e. The number of aromatic nitrogens is 2. The monoisotopic (exact) mass is 297 g/mol. The second-order valence-electron chi connectivity index (χ2n) is 6.17. The Morgan fingerprint density at radius 3 is 2.95 bits per heavy atom. The summed E-state index contributed by atoms with van der Waals surface area (Å²) in [6.45, 7) is 0.682. The summed E-state index contributed by atoms with van der Waals surface area (Å²) >= 11 is 0. The molecule has 4 rings (SSSR count). The van der Waals surface area contributed by atoms with E-state index in [-0.39, 0.29) is 11.4 Å². The Balaban J connectivity index is 1.62. The smallest absolute Gasteiger partial charge is 0.275 e. The van der Waals surface area contributed by atoms with Crippen LogP contribution in [0.1, 0.15) is 42.6 Å². The molecule has 1 fully saturated rings. The average Bonchev–Trinajstić information content (AvgIpc) is 3.28. The zero-order valence-electron chi connectivity index (χ0n) is 12.4. The fourth-order valence-electron chi connectivity index (χ4n) is 3.72. The third-order valence-corrected chi connectivity index (χ3v) is 4.89. The molecule has 1 aliphatic heterocycles. The van der Waals surface area contributed by atoms with Crippen LogP contribution in [0, 0.1) is 0 Å². The van der Waals surface area contributed by atoms with Crippen molar-refractivity contribution < 1.29 is 9.21 Å². The normalized spacial score (nSPS) is 19.9. The molecular weight excluding hydrogens is 278 g/mol. The zero-order chi connectivity index (χ0) is 15.0. The predicted molar refractivity (Wildman–Crippen MR) is 82.3 cm³/mol. The van der Waals surface area contributed by atoms with Crippen LogP contribution in [0.5, 0.6) is 0 Å². The molecule has 3 heterocycles. The number of H-pyrrole nitrogens is 1. The third-order valence-electron chi connectivity index (χ3n) is 4.89. The van der Waals surface area contributed by atoms with Gasteiger partial charge in [-0.25, -0.2) is 0 Å². The van der Waals surface area contributed by atoms with Crippen molar-refractivity contribution >= 4 is 5.91 Å². The van der Waals surface area contributed by atoms with E-state index >= 15 is 0 Å². The van der Waals surface area contributed by atoms with E-state index < -0.39 is 0 Å². The first-order valence-corrected chi connectivity index (χ1v) is 7.85. The molecule has 1 aliphatic carbocycles. The van der Waals surface area contributed by atoms with Crippen molar-refractivity contribution in [3.8, 4) is 11.5 Å². The molecule has 114 valence electrons. The van der Waals surface area contributed by atoms with Crippen molar-refractivity contribution in [3.63, 3.8) is 0 Å². The number of carbonyl (C=O) groups excluding carboxylic acids is 1. The minimum atomic E-state index is 0.00955. The van der Waals surface area contributed by atoms with E-state index in [0.29, 0.717) is 18.0 Å². The maximum absolute atomic E-state index is 12.9. The number of hydrogen-bond acceptors (Lipinski definition) is 3. The number of carbonyl (C=O) groups is 1. The van der Waals surface area contributed by atoms with E-state index in [1.54, 1.807) is 12.3 Å². The third kappa shape index (κ3) is 2.08. The molecule has 5 heteroatoms. The molecule has 5 nitrogen and oxygen atoms in total. The number of hydrogen-bond donors (Lipinski definition) is 1. The van der Waals surface area contributed by atoms with Crippen molar-refractivity contribution in [2.24, 2.45) is 0 Å². The van der Waals surface area contributed by atoms with Gasteiger partial charge in [0.2, 0.25) is 0 Å². The molecule has 0 bridgehead atoms.